The van der Waals surface area contributed by atoms with Crippen molar-refractivity contribution >= 4 is 17.8 Å². The van der Waals surface area contributed by atoms with Crippen LogP contribution >= 0.6 is 11.8 Å². The van der Waals surface area contributed by atoms with E-state index in [9.17, 15) is 4.79 Å². The van der Waals surface area contributed by atoms with E-state index >= 15 is 0 Å². The molecule has 0 aromatic carbocycles. The van der Waals surface area contributed by atoms with Gasteiger partial charge in [0.1, 0.15) is 0 Å². The number of carbonyl (C=O) groups excluding carboxylic acids is 1. The Morgan fingerprint density at radius 2 is 2.24 bits per heavy atom. The first-order valence-electron chi connectivity index (χ1n) is 7.83. The summed E-state index contributed by atoms with van der Waals surface area (Å²) < 4.78 is 0. The molecule has 2 atom stereocenters. The van der Waals surface area contributed by atoms with Crippen LogP contribution in [0.25, 0.3) is 0 Å². The van der Waals surface area contributed by atoms with Gasteiger partial charge in [-0.1, -0.05) is 0 Å². The fourth-order valence-electron chi connectivity index (χ4n) is 3.47. The van der Waals surface area contributed by atoms with Crippen LogP contribution < -0.4 is 5.32 Å². The first-order chi connectivity index (χ1) is 10.2. The van der Waals surface area contributed by atoms with Crippen LogP contribution in [0.5, 0.6) is 0 Å². The van der Waals surface area contributed by atoms with E-state index in [0.717, 1.165) is 42.9 Å². The minimum absolute atomic E-state index is 0.102. The number of hydrogen-bond donors (Lipinski definition) is 2. The summed E-state index contributed by atoms with van der Waals surface area (Å²) in [6, 6.07) is 0.619. The first-order valence-corrected chi connectivity index (χ1v) is 8.98. The lowest BCUT2D eigenvalue weighted by molar-refractivity contribution is 0.189. The minimum atomic E-state index is 0.102. The molecule has 3 heterocycles. The highest BCUT2D eigenvalue weighted by molar-refractivity contribution is 7.99. The number of likely N-dealkylation sites (tertiary alicyclic amines) is 1. The number of rotatable bonds is 2. The monoisotopic (exact) mass is 308 g/mol. The van der Waals surface area contributed by atoms with E-state index in [2.05, 4.69) is 15.5 Å². The highest BCUT2D eigenvalue weighted by atomic mass is 32.2. The Kier molecular flexibility index (Phi) is 4.42. The van der Waals surface area contributed by atoms with Gasteiger partial charge in [-0.2, -0.15) is 16.9 Å². The number of aryl methyl sites for hydroxylation is 2. The fourth-order valence-corrected chi connectivity index (χ4v) is 4.54. The van der Waals surface area contributed by atoms with Crippen LogP contribution in [0.1, 0.15) is 48.7 Å². The van der Waals surface area contributed by atoms with Crippen LogP contribution in [0, 0.1) is 13.8 Å². The van der Waals surface area contributed by atoms with E-state index in [0.29, 0.717) is 6.04 Å². The molecule has 2 saturated heterocycles. The minimum Gasteiger partial charge on any atom is -0.334 e. The van der Waals surface area contributed by atoms with Crippen LogP contribution in [-0.2, 0) is 0 Å². The van der Waals surface area contributed by atoms with Crippen molar-refractivity contribution in [2.75, 3.05) is 18.1 Å². The van der Waals surface area contributed by atoms with Crippen LogP contribution in [0.2, 0.25) is 0 Å². The lowest BCUT2D eigenvalue weighted by Crippen LogP contribution is -2.46. The Morgan fingerprint density at radius 3 is 2.90 bits per heavy atom. The molecule has 5 nitrogen and oxygen atoms in total. The summed E-state index contributed by atoms with van der Waals surface area (Å²) in [5.74, 6) is 2.28. The summed E-state index contributed by atoms with van der Waals surface area (Å²) in [5.41, 5.74) is 3.32. The largest absolute Gasteiger partial charge is 0.334 e. The zero-order valence-electron chi connectivity index (χ0n) is 12.8. The smallest absolute Gasteiger partial charge is 0.318 e. The number of thioether (sulfide) groups is 1. The average Bonchev–Trinajstić information content (AvgIpc) is 3.07. The van der Waals surface area contributed by atoms with Crippen molar-refractivity contribution in [1.29, 1.82) is 0 Å². The predicted octanol–water partition coefficient (Wildman–Crippen LogP) is 2.77. The summed E-state index contributed by atoms with van der Waals surface area (Å²) in [4.78, 5) is 14.6. The van der Waals surface area contributed by atoms with E-state index in [4.69, 9.17) is 0 Å². The van der Waals surface area contributed by atoms with Crippen LogP contribution in [0.3, 0.4) is 0 Å². The molecule has 3 rings (SSSR count). The normalized spacial score (nSPS) is 26.1. The highest BCUT2D eigenvalue weighted by Gasteiger charge is 2.33. The van der Waals surface area contributed by atoms with Crippen molar-refractivity contribution in [3.8, 4) is 0 Å². The maximum Gasteiger partial charge on any atom is 0.318 e. The zero-order valence-corrected chi connectivity index (χ0v) is 13.6. The van der Waals surface area contributed by atoms with Crippen molar-refractivity contribution < 1.29 is 4.79 Å². The number of carbonyl (C=O) groups is 1. The van der Waals surface area contributed by atoms with Crippen molar-refractivity contribution in [3.05, 3.63) is 17.0 Å². The lowest BCUT2D eigenvalue weighted by atomic mass is 10.0. The number of nitrogens with one attached hydrogen (secondary N) is 2. The first kappa shape index (κ1) is 14.8. The van der Waals surface area contributed by atoms with Gasteiger partial charge in [0, 0.05) is 29.6 Å². The van der Waals surface area contributed by atoms with Gasteiger partial charge in [-0.15, -0.1) is 0 Å². The summed E-state index contributed by atoms with van der Waals surface area (Å²) >= 11 is 1.94. The molecular formula is C15H24N4OS. The molecule has 2 aliphatic heterocycles. The molecule has 0 unspecified atom stereocenters. The van der Waals surface area contributed by atoms with Gasteiger partial charge in [0.15, 0.2) is 0 Å². The topological polar surface area (TPSA) is 61.0 Å². The van der Waals surface area contributed by atoms with Gasteiger partial charge in [0.05, 0.1) is 11.7 Å². The van der Waals surface area contributed by atoms with E-state index in [1.54, 1.807) is 0 Å². The van der Waals surface area contributed by atoms with Crippen molar-refractivity contribution in [2.45, 2.75) is 51.6 Å². The van der Waals surface area contributed by atoms with E-state index in [1.165, 1.54) is 17.7 Å². The maximum atomic E-state index is 12.6. The highest BCUT2D eigenvalue weighted by Crippen LogP contribution is 2.34. The Bertz CT molecular complexity index is 490. The zero-order chi connectivity index (χ0) is 14.8. The molecule has 116 valence electrons. The second kappa shape index (κ2) is 6.30. The standard InChI is InChI=1S/C15H24N4OS/c1-10-14(11(2)18-17-10)13-6-3-7-19(13)15(20)16-12-5-4-8-21-9-12/h12-13H,3-9H2,1-2H3,(H,16,20)(H,17,18)/t12-,13+/m1/s1. The van der Waals surface area contributed by atoms with Gasteiger partial charge in [-0.25, -0.2) is 4.79 Å². The quantitative estimate of drug-likeness (QED) is 0.883. The summed E-state index contributed by atoms with van der Waals surface area (Å²) in [6.45, 7) is 4.91. The summed E-state index contributed by atoms with van der Waals surface area (Å²) in [5, 5.41) is 10.6. The van der Waals surface area contributed by atoms with Crippen LogP contribution in [-0.4, -0.2) is 45.2 Å². The molecule has 6 heteroatoms. The SMILES string of the molecule is Cc1n[nH]c(C)c1[C@@H]1CCCN1C(=O)N[C@@H]1CCCSC1. The Hall–Kier alpha value is -1.17. The Balaban J connectivity index is 1.70. The molecule has 2 N–H and O–H groups in total. The third-order valence-electron chi connectivity index (χ3n) is 4.52. The molecular weight excluding hydrogens is 284 g/mol. The second-order valence-corrected chi connectivity index (χ2v) is 7.21. The van der Waals surface area contributed by atoms with E-state index in [-0.39, 0.29) is 12.1 Å². The van der Waals surface area contributed by atoms with Crippen molar-refractivity contribution in [3.63, 3.8) is 0 Å². The molecule has 2 amide bonds. The van der Waals surface area contributed by atoms with Gasteiger partial charge < -0.3 is 10.2 Å². The van der Waals surface area contributed by atoms with Gasteiger partial charge in [-0.05, 0) is 45.3 Å². The fraction of sp³-hybridized carbons (Fsp3) is 0.733. The molecule has 0 aliphatic carbocycles. The number of aromatic amines is 1. The predicted molar refractivity (Wildman–Crippen MR) is 85.6 cm³/mol. The van der Waals surface area contributed by atoms with E-state index < -0.39 is 0 Å². The van der Waals surface area contributed by atoms with Crippen molar-refractivity contribution in [1.82, 2.24) is 20.4 Å². The summed E-state index contributed by atoms with van der Waals surface area (Å²) in [6.07, 6.45) is 4.43. The third kappa shape index (κ3) is 3.05. The molecule has 0 saturated carbocycles. The van der Waals surface area contributed by atoms with E-state index in [1.807, 2.05) is 30.5 Å². The molecule has 0 spiro atoms. The molecule has 2 aliphatic rings. The van der Waals surface area contributed by atoms with Crippen LogP contribution in [0.15, 0.2) is 0 Å². The number of hydrogen-bond acceptors (Lipinski definition) is 3. The van der Waals surface area contributed by atoms with Gasteiger partial charge in [0.2, 0.25) is 0 Å². The Morgan fingerprint density at radius 1 is 1.38 bits per heavy atom. The Labute approximate surface area is 130 Å². The molecule has 0 radical (unpaired) electrons. The maximum absolute atomic E-state index is 12.6. The van der Waals surface area contributed by atoms with Gasteiger partial charge in [0.25, 0.3) is 0 Å². The van der Waals surface area contributed by atoms with Crippen LogP contribution in [0.4, 0.5) is 4.79 Å². The average molecular weight is 308 g/mol. The number of aromatic nitrogens is 2. The molecule has 21 heavy (non-hydrogen) atoms. The van der Waals surface area contributed by atoms with Gasteiger partial charge >= 0.3 is 6.03 Å². The molecule has 1 aromatic rings. The molecule has 0 bridgehead atoms. The number of amides is 2. The lowest BCUT2D eigenvalue weighted by Gasteiger charge is -2.29. The number of urea groups is 1. The summed E-state index contributed by atoms with van der Waals surface area (Å²) in [7, 11) is 0. The third-order valence-corrected chi connectivity index (χ3v) is 5.74. The number of H-pyrrole nitrogens is 1. The number of nitrogens with zero attached hydrogens (tertiary/aromatic N) is 2. The second-order valence-electron chi connectivity index (χ2n) is 6.06. The molecule has 1 aromatic heterocycles. The van der Waals surface area contributed by atoms with Gasteiger partial charge in [-0.3, -0.25) is 5.10 Å². The molecule has 2 fully saturated rings. The van der Waals surface area contributed by atoms with Crippen molar-refractivity contribution in [2.24, 2.45) is 0 Å².